The van der Waals surface area contributed by atoms with Gasteiger partial charge in [-0.1, -0.05) is 37.6 Å². The maximum Gasteiger partial charge on any atom is -0.0142 e. The molecule has 0 aliphatic rings. The lowest BCUT2D eigenvalue weighted by molar-refractivity contribution is 0.778. The van der Waals surface area contributed by atoms with Crippen LogP contribution < -0.4 is 0 Å². The highest BCUT2D eigenvalue weighted by atomic mass is 13.9. The molecule has 0 bridgehead atoms. The van der Waals surface area contributed by atoms with Gasteiger partial charge in [0.2, 0.25) is 0 Å². The van der Waals surface area contributed by atoms with Crippen molar-refractivity contribution in [2.24, 2.45) is 0 Å². The minimum atomic E-state index is 1.07. The maximum absolute atomic E-state index is 3.98. The van der Waals surface area contributed by atoms with E-state index in [-0.39, 0.29) is 0 Å². The summed E-state index contributed by atoms with van der Waals surface area (Å²) in [4.78, 5) is 0. The molecule has 0 aromatic carbocycles. The van der Waals surface area contributed by atoms with Crippen LogP contribution in [-0.4, -0.2) is 0 Å². The van der Waals surface area contributed by atoms with E-state index in [1.807, 2.05) is 6.92 Å². The molecule has 0 aromatic rings. The third-order valence-corrected chi connectivity index (χ3v) is 1.53. The Morgan fingerprint density at radius 2 is 2.20 bits per heavy atom. The Balaban J connectivity index is 3.25. The van der Waals surface area contributed by atoms with E-state index in [4.69, 9.17) is 0 Å². The van der Waals surface area contributed by atoms with E-state index in [0.717, 1.165) is 6.42 Å². The number of hydrogen-bond acceptors (Lipinski definition) is 0. The molecule has 0 atom stereocenters. The van der Waals surface area contributed by atoms with Gasteiger partial charge >= 0.3 is 0 Å². The normalized spacial score (nSPS) is 10.6. The van der Waals surface area contributed by atoms with Crippen LogP contribution in [0, 0.1) is 0 Å². The Morgan fingerprint density at radius 1 is 1.50 bits per heavy atom. The second-order valence-corrected chi connectivity index (χ2v) is 2.63. The fraction of sp³-hybridized carbons (Fsp3) is 0.600. The third-order valence-electron chi connectivity index (χ3n) is 1.53. The van der Waals surface area contributed by atoms with Crippen molar-refractivity contribution >= 4 is 0 Å². The van der Waals surface area contributed by atoms with Crippen molar-refractivity contribution in [3.05, 3.63) is 24.3 Å². The van der Waals surface area contributed by atoms with Gasteiger partial charge in [-0.3, -0.25) is 0 Å². The fourth-order valence-corrected chi connectivity index (χ4v) is 0.813. The fourth-order valence-electron chi connectivity index (χ4n) is 0.813. The highest BCUT2D eigenvalue weighted by Gasteiger charge is 1.88. The van der Waals surface area contributed by atoms with Crippen molar-refractivity contribution in [3.63, 3.8) is 0 Å². The van der Waals surface area contributed by atoms with Crippen molar-refractivity contribution in [3.8, 4) is 0 Å². The first-order valence-electron chi connectivity index (χ1n) is 4.09. The molecule has 0 saturated heterocycles. The molecule has 0 aliphatic carbocycles. The first kappa shape index (κ1) is 9.48. The van der Waals surface area contributed by atoms with Crippen molar-refractivity contribution in [2.75, 3.05) is 0 Å². The zero-order valence-electron chi connectivity index (χ0n) is 7.19. The topological polar surface area (TPSA) is 0 Å². The average Bonchev–Trinajstić information content (AvgIpc) is 1.97. The predicted octanol–water partition coefficient (Wildman–Crippen LogP) is 3.70. The summed E-state index contributed by atoms with van der Waals surface area (Å²) in [5, 5.41) is 0. The quantitative estimate of drug-likeness (QED) is 0.508. The summed E-state index contributed by atoms with van der Waals surface area (Å²) >= 11 is 0. The van der Waals surface area contributed by atoms with Gasteiger partial charge in [0.25, 0.3) is 0 Å². The van der Waals surface area contributed by atoms with Crippen molar-refractivity contribution < 1.29 is 0 Å². The molecule has 0 nitrogen and oxygen atoms in total. The zero-order chi connectivity index (χ0) is 7.82. The van der Waals surface area contributed by atoms with Crippen LogP contribution in [0.1, 0.15) is 39.5 Å². The van der Waals surface area contributed by atoms with Gasteiger partial charge < -0.3 is 0 Å². The SMILES string of the molecule is C=C(C/C=C/C)CCCC. The van der Waals surface area contributed by atoms with Gasteiger partial charge in [0.15, 0.2) is 0 Å². The van der Waals surface area contributed by atoms with Crippen LogP contribution in [0.2, 0.25) is 0 Å². The molecule has 0 N–H and O–H groups in total. The molecule has 0 radical (unpaired) electrons. The summed E-state index contributed by atoms with van der Waals surface area (Å²) in [7, 11) is 0. The van der Waals surface area contributed by atoms with Crippen LogP contribution >= 0.6 is 0 Å². The third kappa shape index (κ3) is 5.61. The molecule has 0 unspecified atom stereocenters. The van der Waals surface area contributed by atoms with Crippen LogP contribution in [0.3, 0.4) is 0 Å². The van der Waals surface area contributed by atoms with Gasteiger partial charge in [-0.05, 0) is 26.2 Å². The zero-order valence-corrected chi connectivity index (χ0v) is 7.19. The first-order chi connectivity index (χ1) is 4.81. The number of rotatable bonds is 5. The van der Waals surface area contributed by atoms with E-state index in [0.29, 0.717) is 0 Å². The van der Waals surface area contributed by atoms with Crippen LogP contribution in [0.15, 0.2) is 24.3 Å². The summed E-state index contributed by atoms with van der Waals surface area (Å²) in [5.41, 5.74) is 1.36. The van der Waals surface area contributed by atoms with Crippen molar-refractivity contribution in [1.82, 2.24) is 0 Å². The lowest BCUT2D eigenvalue weighted by Gasteiger charge is -1.98. The second kappa shape index (κ2) is 6.60. The molecular weight excluding hydrogens is 120 g/mol. The number of unbranched alkanes of at least 4 members (excludes halogenated alkanes) is 1. The van der Waals surface area contributed by atoms with Crippen LogP contribution in [0.5, 0.6) is 0 Å². The van der Waals surface area contributed by atoms with Crippen molar-refractivity contribution in [1.29, 1.82) is 0 Å². The molecule has 0 rings (SSSR count). The highest BCUT2D eigenvalue weighted by molar-refractivity contribution is 5.01. The summed E-state index contributed by atoms with van der Waals surface area (Å²) < 4.78 is 0. The Kier molecular flexibility index (Phi) is 6.25. The molecule has 0 aromatic heterocycles. The molecule has 0 heteroatoms. The average molecular weight is 138 g/mol. The molecule has 58 valence electrons. The maximum atomic E-state index is 3.98. The van der Waals surface area contributed by atoms with E-state index in [1.165, 1.54) is 24.8 Å². The van der Waals surface area contributed by atoms with Gasteiger partial charge in [-0.15, -0.1) is 0 Å². The monoisotopic (exact) mass is 138 g/mol. The second-order valence-electron chi connectivity index (χ2n) is 2.63. The molecule has 0 saturated carbocycles. The molecule has 0 fully saturated rings. The summed E-state index contributed by atoms with van der Waals surface area (Å²) in [6.45, 7) is 8.24. The van der Waals surface area contributed by atoms with E-state index >= 15 is 0 Å². The summed E-state index contributed by atoms with van der Waals surface area (Å²) in [5.74, 6) is 0. The van der Waals surface area contributed by atoms with E-state index in [2.05, 4.69) is 25.7 Å². The van der Waals surface area contributed by atoms with E-state index in [1.54, 1.807) is 0 Å². The predicted molar refractivity (Wildman–Crippen MR) is 48.1 cm³/mol. The molecule has 0 amide bonds. The minimum Gasteiger partial charge on any atom is -0.0995 e. The summed E-state index contributed by atoms with van der Waals surface area (Å²) in [6.07, 6.45) is 9.07. The van der Waals surface area contributed by atoms with Crippen LogP contribution in [0.25, 0.3) is 0 Å². The van der Waals surface area contributed by atoms with Crippen molar-refractivity contribution in [2.45, 2.75) is 39.5 Å². The van der Waals surface area contributed by atoms with E-state index < -0.39 is 0 Å². The highest BCUT2D eigenvalue weighted by Crippen LogP contribution is 2.08. The largest absolute Gasteiger partial charge is 0.0995 e. The lowest BCUT2D eigenvalue weighted by atomic mass is 10.1. The molecule has 0 spiro atoms. The van der Waals surface area contributed by atoms with Crippen LogP contribution in [0.4, 0.5) is 0 Å². The van der Waals surface area contributed by atoms with Gasteiger partial charge in [-0.25, -0.2) is 0 Å². The lowest BCUT2D eigenvalue weighted by Crippen LogP contribution is -1.78. The van der Waals surface area contributed by atoms with Gasteiger partial charge in [-0.2, -0.15) is 0 Å². The minimum absolute atomic E-state index is 1.07. The van der Waals surface area contributed by atoms with Gasteiger partial charge in [0.1, 0.15) is 0 Å². The molecule has 0 heterocycles. The van der Waals surface area contributed by atoms with E-state index in [9.17, 15) is 0 Å². The standard InChI is InChI=1S/C10H18/c1-4-6-8-10(3)9-7-5-2/h4,6H,3,5,7-9H2,1-2H3/b6-4+. The number of hydrogen-bond donors (Lipinski definition) is 0. The first-order valence-corrected chi connectivity index (χ1v) is 4.09. The Hall–Kier alpha value is -0.520. The Morgan fingerprint density at radius 3 is 2.70 bits per heavy atom. The summed E-state index contributed by atoms with van der Waals surface area (Å²) in [6, 6.07) is 0. The van der Waals surface area contributed by atoms with Crippen LogP contribution in [-0.2, 0) is 0 Å². The Bertz CT molecular complexity index is 109. The molecular formula is C10H18. The molecule has 10 heavy (non-hydrogen) atoms. The smallest absolute Gasteiger partial charge is 0.0142 e. The Labute approximate surface area is 64.6 Å². The van der Waals surface area contributed by atoms with Gasteiger partial charge in [0.05, 0.1) is 0 Å². The number of allylic oxidation sites excluding steroid dienone is 3. The molecule has 0 aliphatic heterocycles. The van der Waals surface area contributed by atoms with Gasteiger partial charge in [0, 0.05) is 0 Å².